The van der Waals surface area contributed by atoms with Crippen LogP contribution in [0, 0.1) is 0 Å². The van der Waals surface area contributed by atoms with E-state index in [1.54, 1.807) is 12.4 Å². The van der Waals surface area contributed by atoms with Gasteiger partial charge in [0.15, 0.2) is 0 Å². The maximum Gasteiger partial charge on any atom is 0.225 e. The minimum atomic E-state index is 0.787. The van der Waals surface area contributed by atoms with E-state index in [0.717, 1.165) is 40.8 Å². The molecule has 1 saturated heterocycles. The molecule has 0 spiro atoms. The van der Waals surface area contributed by atoms with Crippen molar-refractivity contribution in [3.63, 3.8) is 0 Å². The van der Waals surface area contributed by atoms with E-state index in [2.05, 4.69) is 19.8 Å². The standard InChI is InChI=1S/C12H17N5S3/c1-15(2)11(18)20-12(19)17-8-6-16(7-9-17)10-13-4-3-5-14-10/h3-5H,6-9H2,1-2H3. The van der Waals surface area contributed by atoms with Gasteiger partial charge in [0.05, 0.1) is 0 Å². The molecule has 0 aromatic carbocycles. The lowest BCUT2D eigenvalue weighted by molar-refractivity contribution is 0.394. The number of thiocarbonyl (C=S) groups is 2. The van der Waals surface area contributed by atoms with Crippen molar-refractivity contribution in [3.8, 4) is 0 Å². The smallest absolute Gasteiger partial charge is 0.225 e. The van der Waals surface area contributed by atoms with E-state index in [9.17, 15) is 0 Å². The first-order valence-electron chi connectivity index (χ1n) is 6.28. The summed E-state index contributed by atoms with van der Waals surface area (Å²) in [6, 6.07) is 1.83. The average molecular weight is 328 g/mol. The van der Waals surface area contributed by atoms with Gasteiger partial charge in [0, 0.05) is 52.7 Å². The van der Waals surface area contributed by atoms with E-state index in [4.69, 9.17) is 24.4 Å². The van der Waals surface area contributed by atoms with Gasteiger partial charge in [-0.05, 0) is 17.8 Å². The normalized spacial score (nSPS) is 15.1. The van der Waals surface area contributed by atoms with Crippen LogP contribution >= 0.6 is 36.2 Å². The van der Waals surface area contributed by atoms with Gasteiger partial charge in [-0.3, -0.25) is 0 Å². The highest BCUT2D eigenvalue weighted by molar-refractivity contribution is 8.37. The summed E-state index contributed by atoms with van der Waals surface area (Å²) in [5.74, 6) is 0.787. The van der Waals surface area contributed by atoms with E-state index >= 15 is 0 Å². The summed E-state index contributed by atoms with van der Waals surface area (Å²) in [5, 5.41) is 0. The molecule has 0 amide bonds. The molecule has 2 rings (SSSR count). The molecule has 0 unspecified atom stereocenters. The van der Waals surface area contributed by atoms with Gasteiger partial charge in [-0.15, -0.1) is 0 Å². The molecule has 1 aliphatic rings. The Morgan fingerprint density at radius 3 is 2.30 bits per heavy atom. The van der Waals surface area contributed by atoms with Crippen molar-refractivity contribution in [1.82, 2.24) is 19.8 Å². The van der Waals surface area contributed by atoms with Gasteiger partial charge in [0.2, 0.25) is 5.95 Å². The summed E-state index contributed by atoms with van der Waals surface area (Å²) in [6.07, 6.45) is 3.54. The Morgan fingerprint density at radius 1 is 1.15 bits per heavy atom. The van der Waals surface area contributed by atoms with Crippen LogP contribution < -0.4 is 4.90 Å². The maximum absolute atomic E-state index is 5.45. The van der Waals surface area contributed by atoms with E-state index in [-0.39, 0.29) is 0 Å². The third-order valence-corrected chi connectivity index (χ3v) is 5.01. The molecule has 0 bridgehead atoms. The predicted octanol–water partition coefficient (Wildman–Crippen LogP) is 1.46. The minimum absolute atomic E-state index is 0.787. The first-order valence-corrected chi connectivity index (χ1v) is 7.91. The van der Waals surface area contributed by atoms with Gasteiger partial charge >= 0.3 is 0 Å². The van der Waals surface area contributed by atoms with Crippen LogP contribution in [0.2, 0.25) is 0 Å². The molecule has 0 atom stereocenters. The summed E-state index contributed by atoms with van der Waals surface area (Å²) in [7, 11) is 3.87. The van der Waals surface area contributed by atoms with Crippen molar-refractivity contribution in [2.24, 2.45) is 0 Å². The molecular formula is C12H17N5S3. The Labute approximate surface area is 134 Å². The van der Waals surface area contributed by atoms with Crippen molar-refractivity contribution in [3.05, 3.63) is 18.5 Å². The fraction of sp³-hybridized carbons (Fsp3) is 0.500. The molecule has 1 aromatic rings. The molecule has 108 valence electrons. The fourth-order valence-corrected chi connectivity index (χ4v) is 3.23. The zero-order valence-corrected chi connectivity index (χ0v) is 14.0. The number of aromatic nitrogens is 2. The number of nitrogens with zero attached hydrogens (tertiary/aromatic N) is 5. The van der Waals surface area contributed by atoms with Crippen LogP contribution in [0.5, 0.6) is 0 Å². The lowest BCUT2D eigenvalue weighted by Crippen LogP contribution is -2.48. The predicted molar refractivity (Wildman–Crippen MR) is 92.3 cm³/mol. The molecule has 0 saturated carbocycles. The minimum Gasteiger partial charge on any atom is -0.363 e. The number of rotatable bonds is 1. The maximum atomic E-state index is 5.45. The molecule has 20 heavy (non-hydrogen) atoms. The second-order valence-electron chi connectivity index (χ2n) is 4.55. The van der Waals surface area contributed by atoms with Gasteiger partial charge in [-0.1, -0.05) is 24.4 Å². The van der Waals surface area contributed by atoms with Crippen molar-refractivity contribution in [2.75, 3.05) is 45.2 Å². The summed E-state index contributed by atoms with van der Waals surface area (Å²) in [4.78, 5) is 14.8. The second-order valence-corrected chi connectivity index (χ2v) is 6.82. The third kappa shape index (κ3) is 4.00. The number of anilines is 1. The SMILES string of the molecule is CN(C)C(=S)SC(=S)N1CCN(c2ncccn2)CC1. The van der Waals surface area contributed by atoms with E-state index in [1.807, 2.05) is 25.1 Å². The van der Waals surface area contributed by atoms with E-state index in [0.29, 0.717) is 0 Å². The Balaban J connectivity index is 1.85. The van der Waals surface area contributed by atoms with Crippen molar-refractivity contribution < 1.29 is 0 Å². The highest BCUT2D eigenvalue weighted by atomic mass is 32.2. The van der Waals surface area contributed by atoms with Gasteiger partial charge in [0.1, 0.15) is 8.64 Å². The first-order chi connectivity index (χ1) is 9.58. The van der Waals surface area contributed by atoms with E-state index in [1.165, 1.54) is 11.8 Å². The average Bonchev–Trinajstić information content (AvgIpc) is 2.48. The summed E-state index contributed by atoms with van der Waals surface area (Å²) in [5.41, 5.74) is 0. The topological polar surface area (TPSA) is 35.5 Å². The fourth-order valence-electron chi connectivity index (χ4n) is 1.77. The van der Waals surface area contributed by atoms with Crippen LogP contribution in [0.15, 0.2) is 18.5 Å². The highest BCUT2D eigenvalue weighted by Crippen LogP contribution is 2.17. The molecule has 0 radical (unpaired) electrons. The van der Waals surface area contributed by atoms with Crippen LogP contribution in [-0.4, -0.2) is 68.7 Å². The molecule has 1 fully saturated rings. The van der Waals surface area contributed by atoms with Crippen molar-refractivity contribution in [1.29, 1.82) is 0 Å². The summed E-state index contributed by atoms with van der Waals surface area (Å²) in [6.45, 7) is 3.50. The van der Waals surface area contributed by atoms with Gasteiger partial charge < -0.3 is 14.7 Å². The monoisotopic (exact) mass is 327 g/mol. The molecule has 1 aliphatic heterocycles. The Morgan fingerprint density at radius 2 is 1.75 bits per heavy atom. The van der Waals surface area contributed by atoms with Gasteiger partial charge in [0.25, 0.3) is 0 Å². The van der Waals surface area contributed by atoms with Crippen molar-refractivity contribution in [2.45, 2.75) is 0 Å². The number of thioether (sulfide) groups is 1. The Hall–Kier alpha value is -0.990. The zero-order valence-electron chi connectivity index (χ0n) is 11.5. The van der Waals surface area contributed by atoms with E-state index < -0.39 is 0 Å². The van der Waals surface area contributed by atoms with Crippen molar-refractivity contribution >= 4 is 50.8 Å². The van der Waals surface area contributed by atoms with Crippen LogP contribution in [0.25, 0.3) is 0 Å². The second kappa shape index (κ2) is 7.14. The molecule has 1 aromatic heterocycles. The third-order valence-electron chi connectivity index (χ3n) is 2.91. The molecule has 0 aliphatic carbocycles. The molecule has 2 heterocycles. The lowest BCUT2D eigenvalue weighted by atomic mass is 10.3. The van der Waals surface area contributed by atoms with Crippen LogP contribution in [0.1, 0.15) is 0 Å². The first kappa shape index (κ1) is 15.4. The lowest BCUT2D eigenvalue weighted by Gasteiger charge is -2.35. The number of hydrogen-bond donors (Lipinski definition) is 0. The quantitative estimate of drug-likeness (QED) is 0.718. The Kier molecular flexibility index (Phi) is 5.50. The van der Waals surface area contributed by atoms with Gasteiger partial charge in [-0.2, -0.15) is 0 Å². The molecular weight excluding hydrogens is 310 g/mol. The summed E-state index contributed by atoms with van der Waals surface area (Å²) < 4.78 is 1.64. The largest absolute Gasteiger partial charge is 0.363 e. The molecule has 5 nitrogen and oxygen atoms in total. The number of piperazine rings is 1. The van der Waals surface area contributed by atoms with Gasteiger partial charge in [-0.25, -0.2) is 9.97 Å². The zero-order chi connectivity index (χ0) is 14.5. The Bertz CT molecular complexity index is 471. The van der Waals surface area contributed by atoms with Crippen LogP contribution in [-0.2, 0) is 0 Å². The number of hydrogen-bond acceptors (Lipinski definition) is 6. The molecule has 0 N–H and O–H groups in total. The van der Waals surface area contributed by atoms with Crippen LogP contribution in [0.3, 0.4) is 0 Å². The van der Waals surface area contributed by atoms with Crippen LogP contribution in [0.4, 0.5) is 5.95 Å². The highest BCUT2D eigenvalue weighted by Gasteiger charge is 2.21. The summed E-state index contributed by atoms with van der Waals surface area (Å²) >= 11 is 12.2. The molecule has 8 heteroatoms.